The second-order valence-electron chi connectivity index (χ2n) is 6.82. The van der Waals surface area contributed by atoms with Gasteiger partial charge in [0, 0.05) is 11.9 Å². The molecule has 0 radical (unpaired) electrons. The summed E-state index contributed by atoms with van der Waals surface area (Å²) in [7, 11) is 0. The summed E-state index contributed by atoms with van der Waals surface area (Å²) in [6, 6.07) is 9.04. The lowest BCUT2D eigenvalue weighted by molar-refractivity contribution is 0.199. The average Bonchev–Trinajstić information content (AvgIpc) is 3.15. The van der Waals surface area contributed by atoms with E-state index in [4.69, 9.17) is 0 Å². The van der Waals surface area contributed by atoms with Crippen LogP contribution in [-0.2, 0) is 0 Å². The van der Waals surface area contributed by atoms with Crippen LogP contribution in [0.25, 0.3) is 22.3 Å². The van der Waals surface area contributed by atoms with Gasteiger partial charge in [0.25, 0.3) is 0 Å². The van der Waals surface area contributed by atoms with E-state index in [-0.39, 0.29) is 29.0 Å². The minimum atomic E-state index is -1.14. The first kappa shape index (κ1) is 18.1. The molecule has 3 aromatic rings. The Morgan fingerprint density at radius 1 is 1.29 bits per heavy atom. The Morgan fingerprint density at radius 3 is 2.79 bits per heavy atom. The van der Waals surface area contributed by atoms with E-state index in [9.17, 15) is 19.4 Å². The molecular formula is C20H19FN4O3. The molecule has 0 saturated carbocycles. The number of phenolic OH excluding ortho intramolecular Hbond substituents is 1. The van der Waals surface area contributed by atoms with Crippen LogP contribution in [0.1, 0.15) is 12.0 Å². The van der Waals surface area contributed by atoms with E-state index in [1.54, 1.807) is 12.1 Å². The van der Waals surface area contributed by atoms with Crippen LogP contribution in [0.15, 0.2) is 36.4 Å². The summed E-state index contributed by atoms with van der Waals surface area (Å²) < 4.78 is 14.4. The van der Waals surface area contributed by atoms with Crippen molar-refractivity contribution in [2.75, 3.05) is 18.0 Å². The highest BCUT2D eigenvalue weighted by Gasteiger charge is 2.31. The Labute approximate surface area is 160 Å². The fraction of sp³-hybridized carbons (Fsp3) is 0.250. The fourth-order valence-corrected chi connectivity index (χ4v) is 3.53. The highest BCUT2D eigenvalue weighted by Crippen LogP contribution is 2.34. The number of aromatic hydroxyl groups is 1. The zero-order chi connectivity index (χ0) is 19.8. The molecule has 4 rings (SSSR count). The third-order valence-corrected chi connectivity index (χ3v) is 4.88. The minimum Gasteiger partial charge on any atom is -0.507 e. The number of nitrogens with one attached hydrogen (secondary N) is 1. The van der Waals surface area contributed by atoms with E-state index >= 15 is 0 Å². The molecule has 1 saturated heterocycles. The Bertz CT molecular complexity index is 1050. The van der Waals surface area contributed by atoms with E-state index in [1.165, 1.54) is 23.1 Å². The van der Waals surface area contributed by atoms with Crippen molar-refractivity contribution in [3.63, 3.8) is 0 Å². The molecule has 1 aliphatic rings. The van der Waals surface area contributed by atoms with Crippen LogP contribution in [0.3, 0.4) is 0 Å². The number of aryl methyl sites for hydroxylation is 1. The molecule has 2 aromatic carbocycles. The Kier molecular flexibility index (Phi) is 4.56. The molecule has 1 unspecified atom stereocenters. The summed E-state index contributed by atoms with van der Waals surface area (Å²) in [4.78, 5) is 22.1. The van der Waals surface area contributed by atoms with Gasteiger partial charge in [-0.15, -0.1) is 0 Å². The molecule has 2 heterocycles. The van der Waals surface area contributed by atoms with Crippen LogP contribution in [0.5, 0.6) is 5.75 Å². The number of hydrogen-bond donors (Lipinski definition) is 3. The van der Waals surface area contributed by atoms with Crippen LogP contribution >= 0.6 is 0 Å². The summed E-state index contributed by atoms with van der Waals surface area (Å²) in [6.45, 7) is 3.10. The number of rotatable bonds is 3. The predicted molar refractivity (Wildman–Crippen MR) is 103 cm³/mol. The maximum atomic E-state index is 14.4. The molecule has 28 heavy (non-hydrogen) atoms. The molecular weight excluding hydrogens is 363 g/mol. The lowest BCUT2D eigenvalue weighted by Gasteiger charge is -2.26. The maximum absolute atomic E-state index is 14.4. The number of halogens is 1. The molecule has 8 heteroatoms. The van der Waals surface area contributed by atoms with Crippen molar-refractivity contribution in [3.8, 4) is 17.1 Å². The number of nitrogens with zero attached hydrogens (tertiary/aromatic N) is 3. The molecule has 0 aliphatic carbocycles. The molecule has 1 aromatic heterocycles. The fourth-order valence-electron chi connectivity index (χ4n) is 3.53. The van der Waals surface area contributed by atoms with Crippen molar-refractivity contribution in [2.45, 2.75) is 19.4 Å². The number of carboxylic acid groups (broad SMARTS) is 1. The van der Waals surface area contributed by atoms with Crippen molar-refractivity contribution in [3.05, 3.63) is 47.8 Å². The van der Waals surface area contributed by atoms with Crippen LogP contribution < -0.4 is 10.2 Å². The van der Waals surface area contributed by atoms with Gasteiger partial charge in [-0.1, -0.05) is 12.1 Å². The second-order valence-corrected chi connectivity index (χ2v) is 6.82. The molecule has 1 fully saturated rings. The van der Waals surface area contributed by atoms with Crippen LogP contribution in [0, 0.1) is 12.7 Å². The minimum absolute atomic E-state index is 0.0547. The van der Waals surface area contributed by atoms with Gasteiger partial charge in [-0.3, -0.25) is 4.90 Å². The third-order valence-electron chi connectivity index (χ3n) is 4.88. The van der Waals surface area contributed by atoms with E-state index in [0.29, 0.717) is 30.4 Å². The summed E-state index contributed by atoms with van der Waals surface area (Å²) in [5, 5.41) is 23.8. The molecule has 0 bridgehead atoms. The first-order chi connectivity index (χ1) is 13.5. The SMILES string of the molecule is Cc1ccc2c(N(C(=O)O)C3CCNC3)nc(-c3c(O)cccc3F)nc2c1. The molecule has 3 N–H and O–H groups in total. The highest BCUT2D eigenvalue weighted by atomic mass is 19.1. The van der Waals surface area contributed by atoms with Gasteiger partial charge in [-0.25, -0.2) is 19.2 Å². The van der Waals surface area contributed by atoms with E-state index in [1.807, 2.05) is 13.0 Å². The molecule has 144 valence electrons. The molecule has 1 amide bonds. The monoisotopic (exact) mass is 382 g/mol. The highest BCUT2D eigenvalue weighted by molar-refractivity contribution is 5.99. The van der Waals surface area contributed by atoms with Crippen molar-refractivity contribution in [2.24, 2.45) is 0 Å². The van der Waals surface area contributed by atoms with Crippen LogP contribution in [0.4, 0.5) is 15.0 Å². The number of anilines is 1. The first-order valence-corrected chi connectivity index (χ1v) is 8.95. The summed E-state index contributed by atoms with van der Waals surface area (Å²) in [5.41, 5.74) is 1.26. The van der Waals surface area contributed by atoms with Gasteiger partial charge in [0.1, 0.15) is 17.4 Å². The Balaban J connectivity index is 2.00. The normalized spacial score (nSPS) is 16.4. The number of phenols is 1. The molecule has 1 atom stereocenters. The van der Waals surface area contributed by atoms with Crippen LogP contribution in [0.2, 0.25) is 0 Å². The number of carbonyl (C=O) groups is 1. The van der Waals surface area contributed by atoms with Crippen molar-refractivity contribution in [1.29, 1.82) is 0 Å². The van der Waals surface area contributed by atoms with Crippen LogP contribution in [-0.4, -0.2) is 45.4 Å². The average molecular weight is 382 g/mol. The molecule has 1 aliphatic heterocycles. The quantitative estimate of drug-likeness (QED) is 0.643. The van der Waals surface area contributed by atoms with Gasteiger partial charge in [-0.2, -0.15) is 0 Å². The van der Waals surface area contributed by atoms with Gasteiger partial charge in [0.2, 0.25) is 0 Å². The molecule has 7 nitrogen and oxygen atoms in total. The Morgan fingerprint density at radius 2 is 2.11 bits per heavy atom. The zero-order valence-corrected chi connectivity index (χ0v) is 15.2. The van der Waals surface area contributed by atoms with E-state index < -0.39 is 11.9 Å². The molecule has 0 spiro atoms. The smallest absolute Gasteiger partial charge is 0.413 e. The van der Waals surface area contributed by atoms with Gasteiger partial charge in [0.05, 0.1) is 17.1 Å². The summed E-state index contributed by atoms with van der Waals surface area (Å²) in [6.07, 6.45) is -0.498. The van der Waals surface area contributed by atoms with Gasteiger partial charge in [0.15, 0.2) is 5.82 Å². The number of amides is 1. The van der Waals surface area contributed by atoms with Crippen molar-refractivity contribution in [1.82, 2.24) is 15.3 Å². The second kappa shape index (κ2) is 7.05. The van der Waals surface area contributed by atoms with Gasteiger partial charge < -0.3 is 15.5 Å². The van der Waals surface area contributed by atoms with Crippen molar-refractivity contribution < 1.29 is 19.4 Å². The first-order valence-electron chi connectivity index (χ1n) is 8.95. The largest absolute Gasteiger partial charge is 0.507 e. The maximum Gasteiger partial charge on any atom is 0.413 e. The summed E-state index contributed by atoms with van der Waals surface area (Å²) >= 11 is 0. The van der Waals surface area contributed by atoms with Gasteiger partial charge >= 0.3 is 6.09 Å². The summed E-state index contributed by atoms with van der Waals surface area (Å²) in [5.74, 6) is -0.852. The standard InChI is InChI=1S/C20H19FN4O3/c1-11-5-6-13-15(9-11)23-18(17-14(21)3-2-4-16(17)26)24-19(13)25(20(27)28)12-7-8-22-10-12/h2-6,9,12,22,26H,7-8,10H2,1H3,(H,27,28). The van der Waals surface area contributed by atoms with Crippen molar-refractivity contribution >= 4 is 22.8 Å². The number of hydrogen-bond acceptors (Lipinski definition) is 5. The Hall–Kier alpha value is -3.26. The number of fused-ring (bicyclic) bond motifs is 1. The third kappa shape index (κ3) is 3.11. The predicted octanol–water partition coefficient (Wildman–Crippen LogP) is 3.30. The lowest BCUT2D eigenvalue weighted by Crippen LogP contribution is -2.41. The lowest BCUT2D eigenvalue weighted by atomic mass is 10.1. The number of benzene rings is 2. The van der Waals surface area contributed by atoms with E-state index in [0.717, 1.165) is 5.56 Å². The topological polar surface area (TPSA) is 98.6 Å². The zero-order valence-electron chi connectivity index (χ0n) is 15.2. The number of aromatic nitrogens is 2. The van der Waals surface area contributed by atoms with E-state index in [2.05, 4.69) is 15.3 Å². The van der Waals surface area contributed by atoms with Gasteiger partial charge in [-0.05, 0) is 49.7 Å².